The van der Waals surface area contributed by atoms with Crippen molar-refractivity contribution < 1.29 is 20.7 Å². The van der Waals surface area contributed by atoms with E-state index in [1.165, 1.54) is 7.05 Å². The number of rotatable bonds is 5. The second-order valence-corrected chi connectivity index (χ2v) is 7.04. The zero-order chi connectivity index (χ0) is 14.7. The van der Waals surface area contributed by atoms with Gasteiger partial charge in [0.15, 0.2) is 0 Å². The molecule has 0 aromatic heterocycles. The van der Waals surface area contributed by atoms with Gasteiger partial charge < -0.3 is 0 Å². The molecule has 0 heterocycles. The molecule has 0 aliphatic rings. The summed E-state index contributed by atoms with van der Waals surface area (Å²) in [6, 6.07) is 5.58. The first-order chi connectivity index (χ1) is 8.69. The molecule has 0 aliphatic carbocycles. The summed E-state index contributed by atoms with van der Waals surface area (Å²) in [5.41, 5.74) is 0. The second kappa shape index (κ2) is 5.64. The van der Waals surface area contributed by atoms with Crippen LogP contribution < -0.4 is 0 Å². The molecule has 0 atom stereocenters. The van der Waals surface area contributed by atoms with Crippen molar-refractivity contribution >= 4 is 20.2 Å². The van der Waals surface area contributed by atoms with Crippen LogP contribution in [0.2, 0.25) is 0 Å². The zero-order valence-corrected chi connectivity index (χ0v) is 11.6. The molecule has 0 aliphatic heterocycles. The van der Waals surface area contributed by atoms with Gasteiger partial charge in [-0.1, -0.05) is 0 Å². The second-order valence-electron chi connectivity index (χ2n) is 3.64. The van der Waals surface area contributed by atoms with Crippen LogP contribution in [-0.2, 0) is 20.2 Å². The molecule has 0 unspecified atom stereocenters. The van der Waals surface area contributed by atoms with Crippen molar-refractivity contribution in [1.82, 2.24) is 4.31 Å². The van der Waals surface area contributed by atoms with Crippen LogP contribution in [0.1, 0.15) is 6.42 Å². The number of nitrogens with zero attached hydrogens (tertiary/aromatic N) is 2. The third kappa shape index (κ3) is 3.73. The molecule has 0 radical (unpaired) electrons. The first-order valence-electron chi connectivity index (χ1n) is 5.07. The molecule has 1 aromatic rings. The molecule has 0 fully saturated rings. The lowest BCUT2D eigenvalue weighted by molar-refractivity contribution is 0.476. The molecule has 9 heteroatoms. The maximum absolute atomic E-state index is 12.7. The fraction of sp³-hybridized carbons (Fsp3) is 0.300. The number of benzene rings is 1. The zero-order valence-electron chi connectivity index (χ0n) is 9.95. The van der Waals surface area contributed by atoms with Crippen molar-refractivity contribution in [2.24, 2.45) is 0 Å². The van der Waals surface area contributed by atoms with Crippen molar-refractivity contribution in [2.45, 2.75) is 16.2 Å². The lowest BCUT2D eigenvalue weighted by atomic mass is 10.4. The Hall–Kier alpha value is -1.50. The van der Waals surface area contributed by atoms with Crippen LogP contribution in [0.15, 0.2) is 34.1 Å². The fourth-order valence-corrected chi connectivity index (χ4v) is 2.91. The Bertz CT molecular complexity index is 690. The van der Waals surface area contributed by atoms with E-state index in [9.17, 15) is 20.7 Å². The highest BCUT2D eigenvalue weighted by atomic mass is 32.3. The van der Waals surface area contributed by atoms with Crippen LogP contribution in [0.4, 0.5) is 3.89 Å². The monoisotopic (exact) mass is 306 g/mol. The molecule has 0 saturated carbocycles. The molecule has 104 valence electrons. The predicted molar refractivity (Wildman–Crippen MR) is 64.8 cm³/mol. The number of sulfonamides is 1. The maximum atomic E-state index is 12.7. The first kappa shape index (κ1) is 15.6. The normalized spacial score (nSPS) is 12.3. The van der Waals surface area contributed by atoms with E-state index in [1.807, 2.05) is 6.07 Å². The number of hydrogen-bond donors (Lipinski definition) is 0. The molecule has 1 rings (SSSR count). The minimum atomic E-state index is -4.85. The van der Waals surface area contributed by atoms with Gasteiger partial charge in [-0.2, -0.15) is 18.0 Å². The molecular weight excluding hydrogens is 295 g/mol. The molecule has 0 amide bonds. The lowest BCUT2D eigenvalue weighted by Gasteiger charge is -2.15. The summed E-state index contributed by atoms with van der Waals surface area (Å²) in [4.78, 5) is -0.772. The highest BCUT2D eigenvalue weighted by molar-refractivity contribution is 7.89. The molecule has 6 nitrogen and oxygen atoms in total. The van der Waals surface area contributed by atoms with Gasteiger partial charge in [0.2, 0.25) is 10.0 Å². The Balaban J connectivity index is 3.07. The van der Waals surface area contributed by atoms with Crippen LogP contribution in [-0.4, -0.2) is 34.7 Å². The SMILES string of the molecule is CN(CCC#N)S(=O)(=O)c1ccc(S(=O)(=O)F)cc1. The summed E-state index contributed by atoms with van der Waals surface area (Å²) in [5, 5.41) is 8.40. The molecule has 0 spiro atoms. The topological polar surface area (TPSA) is 95.3 Å². The third-order valence-electron chi connectivity index (χ3n) is 2.35. The minimum Gasteiger partial charge on any atom is -0.207 e. The van der Waals surface area contributed by atoms with E-state index < -0.39 is 25.1 Å². The summed E-state index contributed by atoms with van der Waals surface area (Å²) in [7, 11) is -7.36. The van der Waals surface area contributed by atoms with E-state index in [0.717, 1.165) is 28.6 Å². The maximum Gasteiger partial charge on any atom is 0.332 e. The van der Waals surface area contributed by atoms with Gasteiger partial charge in [0, 0.05) is 20.0 Å². The largest absolute Gasteiger partial charge is 0.332 e. The van der Waals surface area contributed by atoms with Crippen molar-refractivity contribution in [3.8, 4) is 6.07 Å². The molecule has 0 bridgehead atoms. The van der Waals surface area contributed by atoms with Gasteiger partial charge in [0.25, 0.3) is 0 Å². The van der Waals surface area contributed by atoms with Gasteiger partial charge in [-0.3, -0.25) is 0 Å². The molecular formula is C10H11FN2O4S2. The number of nitriles is 1. The Morgan fingerprint density at radius 3 is 2.05 bits per heavy atom. The average Bonchev–Trinajstić information content (AvgIpc) is 2.35. The van der Waals surface area contributed by atoms with E-state index in [2.05, 4.69) is 0 Å². The Morgan fingerprint density at radius 1 is 1.16 bits per heavy atom. The van der Waals surface area contributed by atoms with E-state index in [4.69, 9.17) is 5.26 Å². The quantitative estimate of drug-likeness (QED) is 0.752. The Labute approximate surface area is 111 Å². The van der Waals surface area contributed by atoms with Gasteiger partial charge in [-0.05, 0) is 24.3 Å². The van der Waals surface area contributed by atoms with Crippen molar-refractivity contribution in [2.75, 3.05) is 13.6 Å². The average molecular weight is 306 g/mol. The number of hydrogen-bond acceptors (Lipinski definition) is 5. The van der Waals surface area contributed by atoms with Crippen LogP contribution in [0.3, 0.4) is 0 Å². The Kier molecular flexibility index (Phi) is 4.62. The summed E-state index contributed by atoms with van der Waals surface area (Å²) in [6.07, 6.45) is 0.0344. The van der Waals surface area contributed by atoms with Gasteiger partial charge in [-0.25, -0.2) is 8.42 Å². The van der Waals surface area contributed by atoms with Gasteiger partial charge in [0.05, 0.1) is 15.9 Å². The number of halogens is 1. The van der Waals surface area contributed by atoms with Gasteiger partial charge in [-0.15, -0.1) is 3.89 Å². The van der Waals surface area contributed by atoms with Crippen molar-refractivity contribution in [3.63, 3.8) is 0 Å². The lowest BCUT2D eigenvalue weighted by Crippen LogP contribution is -2.27. The summed E-state index contributed by atoms with van der Waals surface area (Å²) >= 11 is 0. The third-order valence-corrected chi connectivity index (χ3v) is 5.06. The molecule has 0 N–H and O–H groups in total. The molecule has 1 aromatic carbocycles. The summed E-state index contributed by atoms with van der Waals surface area (Å²) in [6.45, 7) is 0.0159. The molecule has 0 saturated heterocycles. The molecule has 19 heavy (non-hydrogen) atoms. The van der Waals surface area contributed by atoms with Crippen LogP contribution >= 0.6 is 0 Å². The van der Waals surface area contributed by atoms with E-state index >= 15 is 0 Å². The Morgan fingerprint density at radius 2 is 1.63 bits per heavy atom. The first-order valence-corrected chi connectivity index (χ1v) is 7.90. The highest BCUT2D eigenvalue weighted by Crippen LogP contribution is 2.18. The van der Waals surface area contributed by atoms with E-state index in [-0.39, 0.29) is 17.9 Å². The summed E-state index contributed by atoms with van der Waals surface area (Å²) < 4.78 is 58.8. The minimum absolute atomic E-state index is 0.0159. The smallest absolute Gasteiger partial charge is 0.207 e. The fourth-order valence-electron chi connectivity index (χ4n) is 1.28. The van der Waals surface area contributed by atoms with Gasteiger partial charge in [0.1, 0.15) is 0 Å². The van der Waals surface area contributed by atoms with Crippen molar-refractivity contribution in [3.05, 3.63) is 24.3 Å². The van der Waals surface area contributed by atoms with E-state index in [0.29, 0.717) is 0 Å². The van der Waals surface area contributed by atoms with Crippen LogP contribution in [0.25, 0.3) is 0 Å². The summed E-state index contributed by atoms with van der Waals surface area (Å²) in [5.74, 6) is 0. The van der Waals surface area contributed by atoms with Crippen molar-refractivity contribution in [1.29, 1.82) is 5.26 Å². The van der Waals surface area contributed by atoms with Gasteiger partial charge >= 0.3 is 10.2 Å². The van der Waals surface area contributed by atoms with E-state index in [1.54, 1.807) is 0 Å². The predicted octanol–water partition coefficient (Wildman–Crippen LogP) is 0.879. The van der Waals surface area contributed by atoms with Crippen LogP contribution in [0.5, 0.6) is 0 Å². The highest BCUT2D eigenvalue weighted by Gasteiger charge is 2.21. The van der Waals surface area contributed by atoms with Crippen LogP contribution in [0, 0.1) is 11.3 Å². The standard InChI is InChI=1S/C10H11FN2O4S2/c1-13(8-2-7-12)19(16,17)10-5-3-9(4-6-10)18(11,14)15/h3-6H,2,8H2,1H3.